The van der Waals surface area contributed by atoms with Gasteiger partial charge >= 0.3 is 5.97 Å². The first-order valence-corrected chi connectivity index (χ1v) is 12.7. The molecule has 2 aliphatic rings. The van der Waals surface area contributed by atoms with E-state index in [9.17, 15) is 13.2 Å². The van der Waals surface area contributed by atoms with E-state index in [0.717, 1.165) is 31.9 Å². The molecule has 9 heteroatoms. The molecule has 2 aromatic rings. The van der Waals surface area contributed by atoms with E-state index in [4.69, 9.17) is 21.1 Å². The van der Waals surface area contributed by atoms with Crippen molar-refractivity contribution in [3.05, 3.63) is 46.0 Å². The zero-order valence-electron chi connectivity index (χ0n) is 18.2. The summed E-state index contributed by atoms with van der Waals surface area (Å²) in [5.41, 5.74) is 1.91. The number of esters is 1. The largest absolute Gasteiger partial charge is 0.465 e. The van der Waals surface area contributed by atoms with Gasteiger partial charge in [0.25, 0.3) is 0 Å². The SMILES string of the molecule is COC(=O)c1cc(C)c2c(c1)S(=O)(=O)Cc1cc(NCCN3CCCCC3)cc(Cl)c1O2. The van der Waals surface area contributed by atoms with E-state index in [1.54, 1.807) is 25.1 Å². The number of likely N-dealkylation sites (tertiary alicyclic amines) is 1. The van der Waals surface area contributed by atoms with Gasteiger partial charge in [-0.1, -0.05) is 18.0 Å². The van der Waals surface area contributed by atoms with E-state index in [-0.39, 0.29) is 22.0 Å². The van der Waals surface area contributed by atoms with E-state index >= 15 is 0 Å². The van der Waals surface area contributed by atoms with Crippen molar-refractivity contribution in [2.24, 2.45) is 0 Å². The molecule has 0 atom stereocenters. The normalized spacial score (nSPS) is 17.5. The molecule has 4 rings (SSSR count). The standard InChI is InChI=1S/C23H27ClN2O5S/c1-15-10-16(23(27)30-2)12-20-21(15)31-22-17(14-32(20,28)29)11-18(13-19(22)24)25-6-9-26-7-4-3-5-8-26/h10-13,25H,3-9,14H2,1-2H3. The number of hydrogen-bond donors (Lipinski definition) is 1. The number of sulfone groups is 1. The summed E-state index contributed by atoms with van der Waals surface area (Å²) in [6.45, 7) is 5.58. The minimum Gasteiger partial charge on any atom is -0.465 e. The van der Waals surface area contributed by atoms with Crippen LogP contribution in [0, 0.1) is 6.92 Å². The maximum absolute atomic E-state index is 13.2. The van der Waals surface area contributed by atoms with Crippen molar-refractivity contribution >= 4 is 33.1 Å². The van der Waals surface area contributed by atoms with Crippen LogP contribution in [0.25, 0.3) is 0 Å². The van der Waals surface area contributed by atoms with E-state index < -0.39 is 15.8 Å². The van der Waals surface area contributed by atoms with Gasteiger partial charge < -0.3 is 19.7 Å². The minimum absolute atomic E-state index is 0.0372. The van der Waals surface area contributed by atoms with Crippen LogP contribution in [0.4, 0.5) is 5.69 Å². The van der Waals surface area contributed by atoms with Crippen LogP contribution in [0.2, 0.25) is 5.02 Å². The van der Waals surface area contributed by atoms with Gasteiger partial charge in [0.05, 0.1) is 23.4 Å². The van der Waals surface area contributed by atoms with Crippen molar-refractivity contribution in [1.29, 1.82) is 0 Å². The molecule has 2 aliphatic heterocycles. The predicted octanol–water partition coefficient (Wildman–Crippen LogP) is 4.41. The number of benzene rings is 2. The first-order valence-electron chi connectivity index (χ1n) is 10.7. The molecule has 172 valence electrons. The van der Waals surface area contributed by atoms with Gasteiger partial charge in [0.1, 0.15) is 16.4 Å². The van der Waals surface area contributed by atoms with Gasteiger partial charge in [-0.05, 0) is 62.7 Å². The first-order chi connectivity index (χ1) is 15.3. The fraction of sp³-hybridized carbons (Fsp3) is 0.435. The fourth-order valence-corrected chi connectivity index (χ4v) is 6.09. The number of piperidine rings is 1. The number of methoxy groups -OCH3 is 1. The molecule has 1 saturated heterocycles. The van der Waals surface area contributed by atoms with Gasteiger partial charge in [-0.15, -0.1) is 0 Å². The number of ether oxygens (including phenoxy) is 2. The number of halogens is 1. The molecule has 0 aromatic heterocycles. The Balaban J connectivity index is 1.61. The molecule has 2 aromatic carbocycles. The van der Waals surface area contributed by atoms with Crippen LogP contribution in [0.3, 0.4) is 0 Å². The lowest BCUT2D eigenvalue weighted by molar-refractivity contribution is 0.0600. The number of carbonyl (C=O) groups is 1. The number of fused-ring (bicyclic) bond motifs is 2. The maximum Gasteiger partial charge on any atom is 0.337 e. The summed E-state index contributed by atoms with van der Waals surface area (Å²) in [7, 11) is -2.52. The number of carbonyl (C=O) groups excluding carboxylic acids is 1. The minimum atomic E-state index is -3.78. The Labute approximate surface area is 193 Å². The smallest absolute Gasteiger partial charge is 0.337 e. The molecule has 2 heterocycles. The molecule has 0 saturated carbocycles. The molecule has 0 aliphatic carbocycles. The van der Waals surface area contributed by atoms with Crippen LogP contribution >= 0.6 is 11.6 Å². The lowest BCUT2D eigenvalue weighted by atomic mass is 10.1. The third-order valence-electron chi connectivity index (χ3n) is 5.87. The van der Waals surface area contributed by atoms with Gasteiger partial charge in [0.2, 0.25) is 0 Å². The van der Waals surface area contributed by atoms with Crippen molar-refractivity contribution < 1.29 is 22.7 Å². The summed E-state index contributed by atoms with van der Waals surface area (Å²) in [5.74, 6) is -0.375. The number of anilines is 1. The topological polar surface area (TPSA) is 84.9 Å². The van der Waals surface area contributed by atoms with Gasteiger partial charge in [0, 0.05) is 24.3 Å². The zero-order chi connectivity index (χ0) is 22.9. The Morgan fingerprint density at radius 3 is 2.62 bits per heavy atom. The summed E-state index contributed by atoms with van der Waals surface area (Å²) in [5, 5.41) is 3.69. The molecule has 0 spiro atoms. The van der Waals surface area contributed by atoms with Crippen LogP contribution in [0.5, 0.6) is 11.5 Å². The van der Waals surface area contributed by atoms with Crippen LogP contribution in [-0.2, 0) is 20.3 Å². The van der Waals surface area contributed by atoms with Gasteiger partial charge in [-0.2, -0.15) is 0 Å². The second-order valence-corrected chi connectivity index (χ2v) is 10.6. The molecule has 32 heavy (non-hydrogen) atoms. The van der Waals surface area contributed by atoms with Gasteiger partial charge in [0.15, 0.2) is 9.84 Å². The number of rotatable bonds is 5. The molecule has 7 nitrogen and oxygen atoms in total. The Morgan fingerprint density at radius 1 is 1.16 bits per heavy atom. The molecule has 1 N–H and O–H groups in total. The highest BCUT2D eigenvalue weighted by molar-refractivity contribution is 7.90. The number of aryl methyl sites for hydroxylation is 1. The van der Waals surface area contributed by atoms with Crippen molar-refractivity contribution in [3.63, 3.8) is 0 Å². The Bertz CT molecular complexity index is 1140. The number of nitrogens with zero attached hydrogens (tertiary/aromatic N) is 1. The predicted molar refractivity (Wildman–Crippen MR) is 124 cm³/mol. The van der Waals surface area contributed by atoms with E-state index in [0.29, 0.717) is 21.9 Å². The van der Waals surface area contributed by atoms with Crippen molar-refractivity contribution in [2.45, 2.75) is 36.8 Å². The van der Waals surface area contributed by atoms with Crippen LogP contribution in [0.15, 0.2) is 29.2 Å². The van der Waals surface area contributed by atoms with Crippen LogP contribution < -0.4 is 10.1 Å². The van der Waals surface area contributed by atoms with E-state index in [2.05, 4.69) is 10.2 Å². The van der Waals surface area contributed by atoms with Crippen LogP contribution in [0.1, 0.15) is 40.7 Å². The third-order valence-corrected chi connectivity index (χ3v) is 7.82. The van der Waals surface area contributed by atoms with Gasteiger partial charge in [-0.3, -0.25) is 0 Å². The molecular formula is C23H27ClN2O5S. The highest BCUT2D eigenvalue weighted by atomic mass is 35.5. The summed E-state index contributed by atoms with van der Waals surface area (Å²) < 4.78 is 37.2. The Kier molecular flexibility index (Phi) is 6.65. The van der Waals surface area contributed by atoms with Crippen molar-refractivity contribution in [2.75, 3.05) is 38.6 Å². The second kappa shape index (κ2) is 9.29. The average Bonchev–Trinajstić information content (AvgIpc) is 2.88. The molecular weight excluding hydrogens is 452 g/mol. The number of hydrogen-bond acceptors (Lipinski definition) is 7. The summed E-state index contributed by atoms with van der Waals surface area (Å²) >= 11 is 6.52. The molecule has 0 radical (unpaired) electrons. The highest BCUT2D eigenvalue weighted by Crippen LogP contribution is 2.44. The molecule has 1 fully saturated rings. The van der Waals surface area contributed by atoms with Crippen molar-refractivity contribution in [3.8, 4) is 11.5 Å². The lowest BCUT2D eigenvalue weighted by Gasteiger charge is -2.26. The van der Waals surface area contributed by atoms with Gasteiger partial charge in [-0.25, -0.2) is 13.2 Å². The number of nitrogens with one attached hydrogen (secondary N) is 1. The Morgan fingerprint density at radius 2 is 1.91 bits per heavy atom. The van der Waals surface area contributed by atoms with E-state index in [1.165, 1.54) is 32.4 Å². The summed E-state index contributed by atoms with van der Waals surface area (Å²) in [6, 6.07) is 6.39. The maximum atomic E-state index is 13.2. The average molecular weight is 479 g/mol. The Hall–Kier alpha value is -2.29. The highest BCUT2D eigenvalue weighted by Gasteiger charge is 2.31. The van der Waals surface area contributed by atoms with Crippen LogP contribution in [-0.4, -0.2) is 52.6 Å². The zero-order valence-corrected chi connectivity index (χ0v) is 19.8. The summed E-state index contributed by atoms with van der Waals surface area (Å²) in [6.07, 6.45) is 3.76. The van der Waals surface area contributed by atoms with Crippen molar-refractivity contribution in [1.82, 2.24) is 4.90 Å². The molecule has 0 unspecified atom stereocenters. The second-order valence-electron chi connectivity index (χ2n) is 8.25. The quantitative estimate of drug-likeness (QED) is 0.637. The molecule has 0 bridgehead atoms. The molecule has 0 amide bonds. The fourth-order valence-electron chi connectivity index (χ4n) is 4.24. The lowest BCUT2D eigenvalue weighted by Crippen LogP contribution is -2.33. The summed E-state index contributed by atoms with van der Waals surface area (Å²) in [4.78, 5) is 14.4. The monoisotopic (exact) mass is 478 g/mol. The third kappa shape index (κ3) is 4.72. The van der Waals surface area contributed by atoms with E-state index in [1.807, 2.05) is 0 Å². The first kappa shape index (κ1) is 22.9.